The van der Waals surface area contributed by atoms with E-state index in [9.17, 15) is 4.79 Å². The van der Waals surface area contributed by atoms with Crippen molar-refractivity contribution in [3.63, 3.8) is 0 Å². The molecule has 0 aliphatic heterocycles. The van der Waals surface area contributed by atoms with Crippen LogP contribution in [0.5, 0.6) is 0 Å². The number of imidazole rings is 1. The van der Waals surface area contributed by atoms with E-state index >= 15 is 0 Å². The average molecular weight is 327 g/mol. The van der Waals surface area contributed by atoms with Gasteiger partial charge in [-0.1, -0.05) is 54.1 Å². The Morgan fingerprint density at radius 2 is 1.76 bits per heavy atom. The van der Waals surface area contributed by atoms with Crippen LogP contribution in [0, 0.1) is 6.92 Å². The molecule has 25 heavy (non-hydrogen) atoms. The third-order valence-electron chi connectivity index (χ3n) is 4.09. The highest BCUT2D eigenvalue weighted by molar-refractivity contribution is 6.05. The standard InChI is InChI=1S/C21H17N3O/c1-15-8-7-11-17(14-15)21(25)23-20-19(16-9-3-2-4-10-16)22-18-12-5-6-13-24(18)20/h2-14H,1H3,(H,23,25). The molecule has 4 aromatic rings. The lowest BCUT2D eigenvalue weighted by Gasteiger charge is -2.08. The number of amides is 1. The average Bonchev–Trinajstić information content (AvgIpc) is 3.01. The minimum atomic E-state index is -0.147. The van der Waals surface area contributed by atoms with Gasteiger partial charge >= 0.3 is 0 Å². The number of fused-ring (bicyclic) bond motifs is 1. The van der Waals surface area contributed by atoms with Crippen LogP contribution in [0.25, 0.3) is 16.9 Å². The number of aryl methyl sites for hydroxylation is 1. The van der Waals surface area contributed by atoms with Crippen LogP contribution in [0.2, 0.25) is 0 Å². The fourth-order valence-corrected chi connectivity index (χ4v) is 2.88. The maximum atomic E-state index is 12.7. The van der Waals surface area contributed by atoms with Crippen LogP contribution in [-0.2, 0) is 0 Å². The van der Waals surface area contributed by atoms with E-state index in [4.69, 9.17) is 4.98 Å². The van der Waals surface area contributed by atoms with Crippen LogP contribution < -0.4 is 5.32 Å². The summed E-state index contributed by atoms with van der Waals surface area (Å²) in [7, 11) is 0. The zero-order valence-corrected chi connectivity index (χ0v) is 13.8. The van der Waals surface area contributed by atoms with Crippen molar-refractivity contribution in [3.05, 3.63) is 90.1 Å². The molecule has 2 heterocycles. The Bertz CT molecular complexity index is 1050. The van der Waals surface area contributed by atoms with E-state index in [1.54, 1.807) is 0 Å². The molecule has 0 unspecified atom stereocenters. The van der Waals surface area contributed by atoms with Crippen LogP contribution in [0.1, 0.15) is 15.9 Å². The molecule has 0 fully saturated rings. The van der Waals surface area contributed by atoms with Crippen LogP contribution in [0.15, 0.2) is 79.0 Å². The summed E-state index contributed by atoms with van der Waals surface area (Å²) in [5.41, 5.74) is 4.19. The van der Waals surface area contributed by atoms with E-state index in [-0.39, 0.29) is 5.91 Å². The summed E-state index contributed by atoms with van der Waals surface area (Å²) in [6, 6.07) is 23.2. The predicted molar refractivity (Wildman–Crippen MR) is 99.8 cm³/mol. The molecular weight excluding hydrogens is 310 g/mol. The van der Waals surface area contributed by atoms with Gasteiger partial charge in [-0.25, -0.2) is 4.98 Å². The molecule has 0 radical (unpaired) electrons. The summed E-state index contributed by atoms with van der Waals surface area (Å²) in [6.07, 6.45) is 1.90. The van der Waals surface area contributed by atoms with Gasteiger partial charge < -0.3 is 5.32 Å². The van der Waals surface area contributed by atoms with E-state index in [0.717, 1.165) is 22.5 Å². The number of hydrogen-bond donors (Lipinski definition) is 1. The summed E-state index contributed by atoms with van der Waals surface area (Å²) in [5.74, 6) is 0.528. The number of pyridine rings is 1. The molecule has 0 saturated carbocycles. The number of nitrogens with one attached hydrogen (secondary N) is 1. The second-order valence-corrected chi connectivity index (χ2v) is 5.93. The van der Waals surface area contributed by atoms with Crippen molar-refractivity contribution in [2.45, 2.75) is 6.92 Å². The lowest BCUT2D eigenvalue weighted by molar-refractivity contribution is 0.102. The van der Waals surface area contributed by atoms with Gasteiger partial charge in [0.2, 0.25) is 0 Å². The van der Waals surface area contributed by atoms with Gasteiger partial charge in [-0.3, -0.25) is 9.20 Å². The maximum Gasteiger partial charge on any atom is 0.256 e. The molecular formula is C21H17N3O. The number of carbonyl (C=O) groups excluding carboxylic acids is 1. The molecule has 2 aromatic carbocycles. The quantitative estimate of drug-likeness (QED) is 0.599. The lowest BCUT2D eigenvalue weighted by Crippen LogP contribution is -2.14. The maximum absolute atomic E-state index is 12.7. The number of carbonyl (C=O) groups is 1. The Balaban J connectivity index is 1.81. The summed E-state index contributed by atoms with van der Waals surface area (Å²) >= 11 is 0. The first-order valence-electron chi connectivity index (χ1n) is 8.13. The van der Waals surface area contributed by atoms with Crippen LogP contribution >= 0.6 is 0 Å². The highest BCUT2D eigenvalue weighted by Crippen LogP contribution is 2.29. The van der Waals surface area contributed by atoms with Gasteiger partial charge in [0.15, 0.2) is 0 Å². The third kappa shape index (κ3) is 2.90. The number of rotatable bonds is 3. The molecule has 4 rings (SSSR count). The summed E-state index contributed by atoms with van der Waals surface area (Å²) in [5, 5.41) is 3.04. The molecule has 0 aliphatic rings. The highest BCUT2D eigenvalue weighted by atomic mass is 16.1. The van der Waals surface area contributed by atoms with Gasteiger partial charge in [0.25, 0.3) is 5.91 Å². The predicted octanol–water partition coefficient (Wildman–Crippen LogP) is 4.56. The summed E-state index contributed by atoms with van der Waals surface area (Å²) in [6.45, 7) is 1.97. The summed E-state index contributed by atoms with van der Waals surface area (Å²) < 4.78 is 1.90. The highest BCUT2D eigenvalue weighted by Gasteiger charge is 2.17. The Labute approximate surface area is 145 Å². The monoisotopic (exact) mass is 327 g/mol. The third-order valence-corrected chi connectivity index (χ3v) is 4.09. The number of anilines is 1. The molecule has 0 atom stereocenters. The first kappa shape index (κ1) is 15.1. The van der Waals surface area contributed by atoms with Crippen molar-refractivity contribution >= 4 is 17.4 Å². The normalized spacial score (nSPS) is 10.8. The van der Waals surface area contributed by atoms with Gasteiger partial charge in [0.05, 0.1) is 0 Å². The fraction of sp³-hybridized carbons (Fsp3) is 0.0476. The SMILES string of the molecule is Cc1cccc(C(=O)Nc2c(-c3ccccc3)nc3ccccn23)c1. The smallest absolute Gasteiger partial charge is 0.256 e. The Morgan fingerprint density at radius 1 is 0.960 bits per heavy atom. The molecule has 122 valence electrons. The second kappa shape index (κ2) is 6.24. The topological polar surface area (TPSA) is 46.4 Å². The molecule has 4 heteroatoms. The van der Waals surface area contributed by atoms with Gasteiger partial charge in [0.1, 0.15) is 17.2 Å². The molecule has 0 saturated heterocycles. The molecule has 1 N–H and O–H groups in total. The van der Waals surface area contributed by atoms with Crippen LogP contribution in [-0.4, -0.2) is 15.3 Å². The number of hydrogen-bond acceptors (Lipinski definition) is 2. The summed E-state index contributed by atoms with van der Waals surface area (Å²) in [4.78, 5) is 17.4. The van der Waals surface area contributed by atoms with E-state index in [1.165, 1.54) is 0 Å². The van der Waals surface area contributed by atoms with Gasteiger partial charge in [-0.05, 0) is 31.2 Å². The molecule has 1 amide bonds. The van der Waals surface area contributed by atoms with Crippen LogP contribution in [0.4, 0.5) is 5.82 Å². The molecule has 0 aliphatic carbocycles. The zero-order valence-electron chi connectivity index (χ0n) is 13.8. The van der Waals surface area contributed by atoms with Crippen molar-refractivity contribution in [3.8, 4) is 11.3 Å². The second-order valence-electron chi connectivity index (χ2n) is 5.93. The lowest BCUT2D eigenvalue weighted by atomic mass is 10.1. The molecule has 2 aromatic heterocycles. The Morgan fingerprint density at radius 3 is 2.56 bits per heavy atom. The molecule has 4 nitrogen and oxygen atoms in total. The minimum absolute atomic E-state index is 0.147. The first-order valence-corrected chi connectivity index (χ1v) is 8.13. The fourth-order valence-electron chi connectivity index (χ4n) is 2.88. The number of aromatic nitrogens is 2. The van der Waals surface area contributed by atoms with E-state index < -0.39 is 0 Å². The van der Waals surface area contributed by atoms with Gasteiger partial charge in [-0.2, -0.15) is 0 Å². The Kier molecular flexibility index (Phi) is 3.78. The largest absolute Gasteiger partial charge is 0.306 e. The van der Waals surface area contributed by atoms with Gasteiger partial charge in [-0.15, -0.1) is 0 Å². The van der Waals surface area contributed by atoms with E-state index in [2.05, 4.69) is 5.32 Å². The molecule has 0 bridgehead atoms. The van der Waals surface area contributed by atoms with E-state index in [0.29, 0.717) is 11.4 Å². The van der Waals surface area contributed by atoms with Crippen molar-refractivity contribution in [2.24, 2.45) is 0 Å². The zero-order chi connectivity index (χ0) is 17.2. The van der Waals surface area contributed by atoms with Crippen molar-refractivity contribution in [1.29, 1.82) is 0 Å². The molecule has 0 spiro atoms. The van der Waals surface area contributed by atoms with Gasteiger partial charge in [0, 0.05) is 17.3 Å². The van der Waals surface area contributed by atoms with Crippen molar-refractivity contribution in [2.75, 3.05) is 5.32 Å². The van der Waals surface area contributed by atoms with E-state index in [1.807, 2.05) is 90.3 Å². The van der Waals surface area contributed by atoms with Crippen LogP contribution in [0.3, 0.4) is 0 Å². The Hall–Kier alpha value is -3.40. The number of benzene rings is 2. The number of nitrogens with zero attached hydrogens (tertiary/aromatic N) is 2. The van der Waals surface area contributed by atoms with Crippen molar-refractivity contribution in [1.82, 2.24) is 9.38 Å². The van der Waals surface area contributed by atoms with Crippen molar-refractivity contribution < 1.29 is 4.79 Å². The minimum Gasteiger partial charge on any atom is -0.306 e. The first-order chi connectivity index (χ1) is 12.2.